The average Bonchev–Trinajstić information content (AvgIpc) is 2.90. The topological polar surface area (TPSA) is 84.5 Å². The molecule has 0 saturated carbocycles. The molecule has 6 nitrogen and oxygen atoms in total. The van der Waals surface area contributed by atoms with Gasteiger partial charge in [0.1, 0.15) is 5.52 Å². The number of carbonyl (C=O) groups is 1. The van der Waals surface area contributed by atoms with Gasteiger partial charge in [0.2, 0.25) is 5.28 Å². The van der Waals surface area contributed by atoms with Crippen molar-refractivity contribution in [1.29, 1.82) is 5.26 Å². The van der Waals surface area contributed by atoms with Crippen LogP contribution in [0.1, 0.15) is 15.9 Å². The first-order valence-electron chi connectivity index (χ1n) is 6.15. The van der Waals surface area contributed by atoms with Crippen LogP contribution >= 0.6 is 23.2 Å². The first-order chi connectivity index (χ1) is 10.6. The Morgan fingerprint density at radius 3 is 2.64 bits per heavy atom. The summed E-state index contributed by atoms with van der Waals surface area (Å²) in [4.78, 5) is 24.2. The molecular formula is C14H7Cl2N5O. The van der Waals surface area contributed by atoms with Crippen LogP contribution in [0, 0.1) is 11.3 Å². The molecule has 0 saturated heterocycles. The van der Waals surface area contributed by atoms with E-state index < -0.39 is 0 Å². The van der Waals surface area contributed by atoms with E-state index in [2.05, 4.69) is 15.0 Å². The number of ketones is 1. The van der Waals surface area contributed by atoms with E-state index in [1.54, 1.807) is 28.8 Å². The summed E-state index contributed by atoms with van der Waals surface area (Å²) in [5, 5.41) is 8.89. The Kier molecular flexibility index (Phi) is 3.75. The summed E-state index contributed by atoms with van der Waals surface area (Å²) >= 11 is 11.7. The molecule has 0 unspecified atom stereocenters. The number of imidazole rings is 1. The summed E-state index contributed by atoms with van der Waals surface area (Å²) < 4.78 is 1.55. The number of fused-ring (bicyclic) bond motifs is 1. The smallest absolute Gasteiger partial charge is 0.225 e. The maximum atomic E-state index is 12.3. The van der Waals surface area contributed by atoms with Crippen molar-refractivity contribution in [3.8, 4) is 6.07 Å². The van der Waals surface area contributed by atoms with E-state index in [1.807, 2.05) is 6.07 Å². The molecular weight excluding hydrogens is 325 g/mol. The molecule has 0 bridgehead atoms. The normalized spacial score (nSPS) is 10.6. The van der Waals surface area contributed by atoms with E-state index in [0.717, 1.165) is 0 Å². The van der Waals surface area contributed by atoms with Crippen molar-refractivity contribution in [3.63, 3.8) is 0 Å². The summed E-state index contributed by atoms with van der Waals surface area (Å²) in [6.45, 7) is 0.0338. The minimum Gasteiger partial charge on any atom is -0.307 e. The van der Waals surface area contributed by atoms with Gasteiger partial charge in [0.05, 0.1) is 24.5 Å². The quantitative estimate of drug-likeness (QED) is 0.418. The molecule has 0 radical (unpaired) electrons. The van der Waals surface area contributed by atoms with Crippen LogP contribution in [-0.4, -0.2) is 25.3 Å². The number of rotatable bonds is 3. The molecule has 3 rings (SSSR count). The molecule has 108 valence electrons. The zero-order valence-electron chi connectivity index (χ0n) is 11.0. The predicted octanol–water partition coefficient (Wildman–Crippen LogP) is 2.89. The van der Waals surface area contributed by atoms with E-state index in [0.29, 0.717) is 22.3 Å². The number of aromatic nitrogens is 4. The van der Waals surface area contributed by atoms with Crippen LogP contribution < -0.4 is 0 Å². The van der Waals surface area contributed by atoms with Crippen LogP contribution in [0.5, 0.6) is 0 Å². The fourth-order valence-electron chi connectivity index (χ4n) is 1.98. The molecule has 2 heterocycles. The van der Waals surface area contributed by atoms with Gasteiger partial charge in [-0.1, -0.05) is 23.7 Å². The lowest BCUT2D eigenvalue weighted by molar-refractivity contribution is 0.0973. The largest absolute Gasteiger partial charge is 0.307 e. The maximum Gasteiger partial charge on any atom is 0.225 e. The standard InChI is InChI=1S/C14H7Cl2N5O/c15-12-11-13(20-14(16)19-12)21(7-18-11)6-10(22)9-3-1-8(5-17)2-4-9/h1-4,7H,6H2. The Balaban J connectivity index is 1.92. The van der Waals surface area contributed by atoms with Crippen LogP contribution in [0.2, 0.25) is 10.4 Å². The number of nitriles is 1. The van der Waals surface area contributed by atoms with Crippen LogP contribution in [0.3, 0.4) is 0 Å². The highest BCUT2D eigenvalue weighted by Gasteiger charge is 2.14. The summed E-state index contributed by atoms with van der Waals surface area (Å²) in [6, 6.07) is 8.40. The lowest BCUT2D eigenvalue weighted by Gasteiger charge is -2.04. The van der Waals surface area contributed by atoms with Gasteiger partial charge in [-0.15, -0.1) is 0 Å². The Bertz CT molecular complexity index is 911. The van der Waals surface area contributed by atoms with Gasteiger partial charge >= 0.3 is 0 Å². The van der Waals surface area contributed by atoms with Crippen molar-refractivity contribution in [3.05, 3.63) is 52.2 Å². The van der Waals surface area contributed by atoms with Gasteiger partial charge in [-0.3, -0.25) is 4.79 Å². The number of benzene rings is 1. The van der Waals surface area contributed by atoms with Gasteiger partial charge in [0, 0.05) is 5.56 Å². The molecule has 22 heavy (non-hydrogen) atoms. The zero-order valence-corrected chi connectivity index (χ0v) is 12.5. The van der Waals surface area contributed by atoms with Gasteiger partial charge in [-0.25, -0.2) is 9.97 Å². The molecule has 0 fully saturated rings. The minimum absolute atomic E-state index is 0.00919. The molecule has 0 aliphatic rings. The second-order valence-corrected chi connectivity index (χ2v) is 5.14. The predicted molar refractivity (Wildman–Crippen MR) is 80.8 cm³/mol. The number of carbonyl (C=O) groups excluding carboxylic acids is 1. The monoisotopic (exact) mass is 331 g/mol. The van der Waals surface area contributed by atoms with Gasteiger partial charge in [-0.2, -0.15) is 10.2 Å². The third-order valence-corrected chi connectivity index (χ3v) is 3.48. The van der Waals surface area contributed by atoms with Gasteiger partial charge in [0.15, 0.2) is 16.6 Å². The Morgan fingerprint density at radius 2 is 1.95 bits per heavy atom. The number of nitrogens with zero attached hydrogens (tertiary/aromatic N) is 5. The van der Waals surface area contributed by atoms with Crippen LogP contribution in [-0.2, 0) is 6.54 Å². The third-order valence-electron chi connectivity index (χ3n) is 3.04. The second-order valence-electron chi connectivity index (χ2n) is 4.44. The summed E-state index contributed by atoms with van der Waals surface area (Å²) in [7, 11) is 0. The lowest BCUT2D eigenvalue weighted by Crippen LogP contribution is -2.10. The molecule has 1 aromatic carbocycles. The maximum absolute atomic E-state index is 12.3. The summed E-state index contributed by atoms with van der Waals surface area (Å²) in [5.74, 6) is -0.144. The molecule has 0 aliphatic heterocycles. The minimum atomic E-state index is -0.144. The van der Waals surface area contributed by atoms with E-state index in [9.17, 15) is 4.79 Å². The molecule has 0 spiro atoms. The fraction of sp³-hybridized carbons (Fsp3) is 0.0714. The van der Waals surface area contributed by atoms with Crippen LogP contribution in [0.15, 0.2) is 30.6 Å². The first-order valence-corrected chi connectivity index (χ1v) is 6.91. The Hall–Kier alpha value is -2.49. The molecule has 0 aliphatic carbocycles. The van der Waals surface area contributed by atoms with E-state index in [1.165, 1.54) is 6.33 Å². The van der Waals surface area contributed by atoms with Crippen molar-refractivity contribution in [1.82, 2.24) is 19.5 Å². The Labute approximate surface area is 135 Å². The van der Waals surface area contributed by atoms with Crippen molar-refractivity contribution in [2.45, 2.75) is 6.54 Å². The summed E-state index contributed by atoms with van der Waals surface area (Å²) in [5.41, 5.74) is 1.77. The molecule has 0 amide bonds. The van der Waals surface area contributed by atoms with E-state index >= 15 is 0 Å². The molecule has 2 aromatic heterocycles. The average molecular weight is 332 g/mol. The SMILES string of the molecule is N#Cc1ccc(C(=O)Cn2cnc3c(Cl)nc(Cl)nc32)cc1. The van der Waals surface area contributed by atoms with Crippen molar-refractivity contribution >= 4 is 40.1 Å². The van der Waals surface area contributed by atoms with Crippen molar-refractivity contribution in [2.75, 3.05) is 0 Å². The molecule has 0 atom stereocenters. The van der Waals surface area contributed by atoms with Crippen LogP contribution in [0.25, 0.3) is 11.2 Å². The highest BCUT2D eigenvalue weighted by atomic mass is 35.5. The third kappa shape index (κ3) is 2.64. The van der Waals surface area contributed by atoms with E-state index in [4.69, 9.17) is 28.5 Å². The van der Waals surface area contributed by atoms with Gasteiger partial charge in [0.25, 0.3) is 0 Å². The molecule has 0 N–H and O–H groups in total. The van der Waals surface area contributed by atoms with Crippen molar-refractivity contribution in [2.24, 2.45) is 0 Å². The number of halogens is 2. The number of hydrogen-bond acceptors (Lipinski definition) is 5. The second kappa shape index (κ2) is 5.72. The van der Waals surface area contributed by atoms with Gasteiger partial charge < -0.3 is 4.57 Å². The highest BCUT2D eigenvalue weighted by molar-refractivity contribution is 6.35. The van der Waals surface area contributed by atoms with Gasteiger partial charge in [-0.05, 0) is 23.7 Å². The number of hydrogen-bond donors (Lipinski definition) is 0. The number of Topliss-reactive ketones (excluding diaryl/α,β-unsaturated/α-hetero) is 1. The van der Waals surface area contributed by atoms with Crippen LogP contribution in [0.4, 0.5) is 0 Å². The zero-order chi connectivity index (χ0) is 15.7. The fourth-order valence-corrected chi connectivity index (χ4v) is 2.40. The lowest BCUT2D eigenvalue weighted by atomic mass is 10.1. The highest BCUT2D eigenvalue weighted by Crippen LogP contribution is 2.20. The van der Waals surface area contributed by atoms with E-state index in [-0.39, 0.29) is 22.8 Å². The molecule has 8 heteroatoms. The van der Waals surface area contributed by atoms with Crippen molar-refractivity contribution < 1.29 is 4.79 Å². The molecule has 3 aromatic rings. The summed E-state index contributed by atoms with van der Waals surface area (Å²) in [6.07, 6.45) is 1.46. The Morgan fingerprint density at radius 1 is 1.23 bits per heavy atom. The first kappa shape index (κ1) is 14.4.